The Morgan fingerprint density at radius 2 is 2.35 bits per heavy atom. The minimum absolute atomic E-state index is 0.0766. The Morgan fingerprint density at radius 1 is 1.70 bits per heavy atom. The fraction of sp³-hybridized carbons (Fsp3) is 0.636. The number of β-lactam (4-membered cyclic amide) rings is 1. The maximum Gasteiger partial charge on any atom is 0.352 e. The second kappa shape index (κ2) is 5.94. The molecule has 0 aliphatic carbocycles. The van der Waals surface area contributed by atoms with Crippen LogP contribution < -0.4 is 5.14 Å². The Bertz CT molecular complexity index is 468. The van der Waals surface area contributed by atoms with Crippen LogP contribution in [0.3, 0.4) is 0 Å². The number of aliphatic hydroxyl groups is 1. The summed E-state index contributed by atoms with van der Waals surface area (Å²) >= 11 is -0.331. The maximum atomic E-state index is 11.9. The molecule has 1 fully saturated rings. The summed E-state index contributed by atoms with van der Waals surface area (Å²) in [5.41, 5.74) is 0.415. The fourth-order valence-electron chi connectivity index (χ4n) is 2.80. The number of amides is 1. The van der Waals surface area contributed by atoms with E-state index >= 15 is 0 Å². The molecule has 0 radical (unpaired) electrons. The van der Waals surface area contributed by atoms with E-state index in [0.29, 0.717) is 12.0 Å². The van der Waals surface area contributed by atoms with E-state index in [0.717, 1.165) is 11.9 Å². The standard InChI is InChI=1S/C11H16N2O5S2/c1-5(14)8-7-2-6(3-20(18)4-19-12)9(11(16)17)13(7)10(8)15/h5,7-8,14H,2-4,12H2,1H3,(H,16,17). The molecule has 2 aliphatic rings. The van der Waals surface area contributed by atoms with Gasteiger partial charge in [0.15, 0.2) is 5.08 Å². The van der Waals surface area contributed by atoms with Crippen LogP contribution in [0.4, 0.5) is 0 Å². The Labute approximate surface area is 123 Å². The predicted molar refractivity (Wildman–Crippen MR) is 74.7 cm³/mol. The highest BCUT2D eigenvalue weighted by atomic mass is 32.3. The molecule has 4 N–H and O–H groups in total. The van der Waals surface area contributed by atoms with Crippen molar-refractivity contribution in [3.8, 4) is 0 Å². The summed E-state index contributed by atoms with van der Waals surface area (Å²) in [5, 5.41) is 24.3. The first-order valence-electron chi connectivity index (χ1n) is 6.01. The lowest BCUT2D eigenvalue weighted by molar-refractivity contribution is -0.161. The van der Waals surface area contributed by atoms with E-state index in [4.69, 9.17) is 5.14 Å². The van der Waals surface area contributed by atoms with Gasteiger partial charge in [-0.15, -0.1) is 0 Å². The van der Waals surface area contributed by atoms with Crippen LogP contribution in [-0.2, 0) is 20.8 Å². The summed E-state index contributed by atoms with van der Waals surface area (Å²) in [7, 11) is 0. The molecule has 9 heteroatoms. The van der Waals surface area contributed by atoms with E-state index in [1.807, 2.05) is 0 Å². The van der Waals surface area contributed by atoms with Crippen molar-refractivity contribution in [3.05, 3.63) is 11.3 Å². The van der Waals surface area contributed by atoms with Gasteiger partial charge in [-0.3, -0.25) is 9.93 Å². The highest BCUT2D eigenvalue weighted by Gasteiger charge is 2.56. The first kappa shape index (κ1) is 15.6. The summed E-state index contributed by atoms with van der Waals surface area (Å²) in [6.45, 7) is 1.52. The third kappa shape index (κ3) is 2.56. The van der Waals surface area contributed by atoms with Crippen LogP contribution in [0.1, 0.15) is 13.3 Å². The van der Waals surface area contributed by atoms with Crippen molar-refractivity contribution in [3.63, 3.8) is 0 Å². The van der Waals surface area contributed by atoms with Crippen molar-refractivity contribution in [2.75, 3.05) is 10.8 Å². The van der Waals surface area contributed by atoms with Crippen molar-refractivity contribution < 1.29 is 24.4 Å². The molecule has 1 saturated heterocycles. The van der Waals surface area contributed by atoms with Crippen molar-refractivity contribution in [2.24, 2.45) is 11.1 Å². The molecule has 4 unspecified atom stereocenters. The number of hydrogen-bond donors (Lipinski definition) is 3. The van der Waals surface area contributed by atoms with Gasteiger partial charge in [-0.05, 0) is 36.5 Å². The molecule has 0 aromatic heterocycles. The summed E-state index contributed by atoms with van der Waals surface area (Å²) in [4.78, 5) is 24.5. The quantitative estimate of drug-likeness (QED) is 0.334. The minimum atomic E-state index is -1.27. The average Bonchev–Trinajstić information content (AvgIpc) is 2.63. The first-order valence-corrected chi connectivity index (χ1v) is 8.55. The number of carbonyl (C=O) groups excluding carboxylic acids is 1. The summed E-state index contributed by atoms with van der Waals surface area (Å²) in [6.07, 6.45) is -0.465. The lowest BCUT2D eigenvalue weighted by Crippen LogP contribution is -2.61. The maximum absolute atomic E-state index is 11.9. The lowest BCUT2D eigenvalue weighted by atomic mass is 9.83. The number of nitrogens with two attached hydrogens (primary N) is 1. The summed E-state index contributed by atoms with van der Waals surface area (Å²) < 4.78 is 11.7. The van der Waals surface area contributed by atoms with Gasteiger partial charge in [0.2, 0.25) is 5.91 Å². The third-order valence-corrected chi connectivity index (χ3v) is 5.82. The summed E-state index contributed by atoms with van der Waals surface area (Å²) in [6, 6.07) is -0.328. The number of hydrogen-bond acceptors (Lipinski definition) is 6. The lowest BCUT2D eigenvalue weighted by Gasteiger charge is -2.44. The SMILES string of the molecule is CC(O)C1C(=O)N2C(C(=O)O)=C(C[S+]([O-])CSN)CC12. The Balaban J connectivity index is 2.19. The second-order valence-corrected chi connectivity index (χ2v) is 7.32. The molecule has 2 rings (SSSR count). The van der Waals surface area contributed by atoms with Gasteiger partial charge in [-0.2, -0.15) is 0 Å². The minimum Gasteiger partial charge on any atom is -0.615 e. The zero-order valence-corrected chi connectivity index (χ0v) is 12.4. The third-order valence-electron chi connectivity index (χ3n) is 3.56. The fourth-order valence-corrected chi connectivity index (χ4v) is 4.39. The number of rotatable bonds is 6. The van der Waals surface area contributed by atoms with E-state index < -0.39 is 29.2 Å². The molecule has 0 spiro atoms. The van der Waals surface area contributed by atoms with Gasteiger partial charge < -0.3 is 19.7 Å². The Kier molecular flexibility index (Phi) is 4.65. The Hall–Kier alpha value is -0.740. The first-order chi connectivity index (χ1) is 9.38. The van der Waals surface area contributed by atoms with Crippen molar-refractivity contribution in [1.82, 2.24) is 4.90 Å². The molecule has 2 heterocycles. The van der Waals surface area contributed by atoms with Crippen LogP contribution in [-0.4, -0.2) is 54.5 Å². The van der Waals surface area contributed by atoms with E-state index in [2.05, 4.69) is 0 Å². The van der Waals surface area contributed by atoms with E-state index in [-0.39, 0.29) is 28.5 Å². The smallest absolute Gasteiger partial charge is 0.352 e. The molecule has 7 nitrogen and oxygen atoms in total. The second-order valence-electron chi connectivity index (χ2n) is 4.87. The topological polar surface area (TPSA) is 127 Å². The zero-order valence-electron chi connectivity index (χ0n) is 10.8. The van der Waals surface area contributed by atoms with E-state index in [9.17, 15) is 24.4 Å². The molecular weight excluding hydrogens is 304 g/mol. The molecule has 0 aromatic rings. The van der Waals surface area contributed by atoms with Crippen LogP contribution in [0.2, 0.25) is 0 Å². The van der Waals surface area contributed by atoms with Gasteiger partial charge >= 0.3 is 5.97 Å². The largest absolute Gasteiger partial charge is 0.615 e. The van der Waals surface area contributed by atoms with Gasteiger partial charge in [-0.1, -0.05) is 0 Å². The molecular formula is C11H16N2O5S2. The van der Waals surface area contributed by atoms with Gasteiger partial charge in [0.05, 0.1) is 18.1 Å². The molecule has 4 atom stereocenters. The van der Waals surface area contributed by atoms with Gasteiger partial charge in [0.1, 0.15) is 11.4 Å². The molecule has 0 bridgehead atoms. The van der Waals surface area contributed by atoms with Gasteiger partial charge in [0, 0.05) is 5.57 Å². The van der Waals surface area contributed by atoms with E-state index in [1.165, 1.54) is 11.8 Å². The van der Waals surface area contributed by atoms with Crippen molar-refractivity contribution in [1.29, 1.82) is 0 Å². The Morgan fingerprint density at radius 3 is 2.85 bits per heavy atom. The van der Waals surface area contributed by atoms with Crippen molar-refractivity contribution in [2.45, 2.75) is 25.5 Å². The number of aliphatic carboxylic acids is 1. The molecule has 0 aromatic carbocycles. The zero-order chi connectivity index (χ0) is 15.0. The van der Waals surface area contributed by atoms with Crippen LogP contribution in [0.25, 0.3) is 0 Å². The number of carbonyl (C=O) groups is 2. The normalized spacial score (nSPS) is 28.2. The van der Waals surface area contributed by atoms with Gasteiger partial charge in [0.25, 0.3) is 0 Å². The van der Waals surface area contributed by atoms with Gasteiger partial charge in [-0.25, -0.2) is 4.79 Å². The number of fused-ring (bicyclic) bond motifs is 1. The predicted octanol–water partition coefficient (Wildman–Crippen LogP) is -0.750. The van der Waals surface area contributed by atoms with Crippen molar-refractivity contribution >= 4 is 35.0 Å². The van der Waals surface area contributed by atoms with Crippen LogP contribution in [0.5, 0.6) is 0 Å². The average molecular weight is 320 g/mol. The molecule has 0 saturated carbocycles. The molecule has 112 valence electrons. The molecule has 1 amide bonds. The van der Waals surface area contributed by atoms with E-state index in [1.54, 1.807) is 0 Å². The van der Waals surface area contributed by atoms with Crippen LogP contribution >= 0.6 is 11.9 Å². The molecule has 2 aliphatic heterocycles. The number of aliphatic hydroxyl groups excluding tert-OH is 1. The number of carboxylic acid groups (broad SMARTS) is 1. The monoisotopic (exact) mass is 320 g/mol. The highest BCUT2D eigenvalue weighted by molar-refractivity contribution is 8.11. The van der Waals surface area contributed by atoms with Crippen LogP contribution in [0, 0.1) is 5.92 Å². The number of carboxylic acids is 1. The molecule has 20 heavy (non-hydrogen) atoms. The number of nitrogens with zero attached hydrogens (tertiary/aromatic N) is 1. The highest BCUT2D eigenvalue weighted by Crippen LogP contribution is 2.44. The summed E-state index contributed by atoms with van der Waals surface area (Å²) in [5.74, 6) is -2.05. The van der Waals surface area contributed by atoms with Crippen LogP contribution in [0.15, 0.2) is 11.3 Å².